The van der Waals surface area contributed by atoms with Crippen molar-refractivity contribution in [2.75, 3.05) is 26.2 Å². The molecule has 3 fully saturated rings. The third-order valence-electron chi connectivity index (χ3n) is 6.06. The zero-order chi connectivity index (χ0) is 18.9. The van der Waals surface area contributed by atoms with Crippen molar-refractivity contribution in [2.24, 2.45) is 0 Å². The number of likely N-dealkylation sites (tertiary alicyclic amines) is 1. The molecule has 2 aliphatic heterocycles. The van der Waals surface area contributed by atoms with E-state index in [1.165, 1.54) is 6.26 Å². The summed E-state index contributed by atoms with van der Waals surface area (Å²) in [6, 6.07) is 4.12. The molecule has 3 amide bonds. The molecule has 27 heavy (non-hydrogen) atoms. The second-order valence-corrected chi connectivity index (χ2v) is 7.92. The van der Waals surface area contributed by atoms with E-state index in [1.54, 1.807) is 12.1 Å². The number of carbonyl (C=O) groups excluding carboxylic acids is 2. The maximum Gasteiger partial charge on any atom is 0.317 e. The highest BCUT2D eigenvalue weighted by Crippen LogP contribution is 2.40. The Morgan fingerprint density at radius 3 is 2.67 bits per heavy atom. The summed E-state index contributed by atoms with van der Waals surface area (Å²) in [4.78, 5) is 29.0. The summed E-state index contributed by atoms with van der Waals surface area (Å²) in [5, 5.41) is 2.98. The van der Waals surface area contributed by atoms with Crippen molar-refractivity contribution in [1.29, 1.82) is 0 Å². The van der Waals surface area contributed by atoms with Gasteiger partial charge in [-0.15, -0.1) is 0 Å². The fourth-order valence-electron chi connectivity index (χ4n) is 4.49. The van der Waals surface area contributed by atoms with Crippen molar-refractivity contribution in [3.8, 4) is 0 Å². The van der Waals surface area contributed by atoms with E-state index in [4.69, 9.17) is 9.15 Å². The zero-order valence-corrected chi connectivity index (χ0v) is 16.0. The Morgan fingerprint density at radius 2 is 2.04 bits per heavy atom. The first kappa shape index (κ1) is 18.3. The predicted octanol–water partition coefficient (Wildman–Crippen LogP) is 2.63. The quantitative estimate of drug-likeness (QED) is 0.878. The number of hydrogen-bond donors (Lipinski definition) is 1. The molecule has 3 aliphatic rings. The second-order valence-electron chi connectivity index (χ2n) is 7.92. The Hall–Kier alpha value is -2.02. The molecule has 1 aliphatic carbocycles. The van der Waals surface area contributed by atoms with Crippen LogP contribution in [0.5, 0.6) is 0 Å². The Labute approximate surface area is 160 Å². The molecule has 3 heterocycles. The van der Waals surface area contributed by atoms with E-state index >= 15 is 0 Å². The number of rotatable bonds is 4. The molecule has 7 heteroatoms. The van der Waals surface area contributed by atoms with Crippen molar-refractivity contribution in [3.05, 3.63) is 24.2 Å². The summed E-state index contributed by atoms with van der Waals surface area (Å²) in [5.74, 6) is 0.341. The van der Waals surface area contributed by atoms with Crippen LogP contribution < -0.4 is 5.32 Å². The van der Waals surface area contributed by atoms with Crippen LogP contribution >= 0.6 is 0 Å². The lowest BCUT2D eigenvalue weighted by Crippen LogP contribution is -2.57. The first-order valence-corrected chi connectivity index (χ1v) is 10.1. The minimum atomic E-state index is -0.220. The van der Waals surface area contributed by atoms with E-state index in [1.807, 2.05) is 11.8 Å². The van der Waals surface area contributed by atoms with Crippen LogP contribution in [-0.4, -0.2) is 65.7 Å². The van der Waals surface area contributed by atoms with E-state index in [9.17, 15) is 9.59 Å². The monoisotopic (exact) mass is 375 g/mol. The molecule has 0 radical (unpaired) electrons. The SMILES string of the molecule is CCNC(=O)N(C1CC1)C1CCOC2(CCN(C(=O)c3ccco3)CC2)C1. The van der Waals surface area contributed by atoms with Gasteiger partial charge in [0, 0.05) is 38.3 Å². The number of carbonyl (C=O) groups is 2. The number of furan rings is 1. The average Bonchev–Trinajstić information content (AvgIpc) is 3.33. The average molecular weight is 375 g/mol. The van der Waals surface area contributed by atoms with E-state index in [0.717, 1.165) is 38.5 Å². The van der Waals surface area contributed by atoms with E-state index in [2.05, 4.69) is 10.2 Å². The molecule has 1 saturated carbocycles. The third kappa shape index (κ3) is 3.83. The highest BCUT2D eigenvalue weighted by Gasteiger charge is 2.46. The van der Waals surface area contributed by atoms with Crippen LogP contribution in [0, 0.1) is 0 Å². The minimum absolute atomic E-state index is 0.0517. The Bertz CT molecular complexity index is 663. The molecule has 0 bridgehead atoms. The van der Waals surface area contributed by atoms with Crippen LogP contribution in [0.4, 0.5) is 4.79 Å². The van der Waals surface area contributed by atoms with Crippen LogP contribution in [0.15, 0.2) is 22.8 Å². The van der Waals surface area contributed by atoms with Crippen LogP contribution in [0.3, 0.4) is 0 Å². The summed E-state index contributed by atoms with van der Waals surface area (Å²) in [6.45, 7) is 4.62. The van der Waals surface area contributed by atoms with Crippen molar-refractivity contribution in [2.45, 2.75) is 63.1 Å². The maximum atomic E-state index is 12.6. The number of ether oxygens (including phenoxy) is 1. The van der Waals surface area contributed by atoms with Crippen molar-refractivity contribution in [1.82, 2.24) is 15.1 Å². The molecule has 1 unspecified atom stereocenters. The largest absolute Gasteiger partial charge is 0.459 e. The lowest BCUT2D eigenvalue weighted by Gasteiger charge is -2.48. The number of hydrogen-bond acceptors (Lipinski definition) is 4. The number of piperidine rings is 1. The van der Waals surface area contributed by atoms with Crippen molar-refractivity contribution >= 4 is 11.9 Å². The molecule has 2 saturated heterocycles. The van der Waals surface area contributed by atoms with Gasteiger partial charge in [0.2, 0.25) is 0 Å². The van der Waals surface area contributed by atoms with Crippen LogP contribution in [0.1, 0.15) is 56.0 Å². The molecular weight excluding hydrogens is 346 g/mol. The Morgan fingerprint density at radius 1 is 1.26 bits per heavy atom. The van der Waals surface area contributed by atoms with Gasteiger partial charge in [0.1, 0.15) is 0 Å². The second kappa shape index (κ2) is 7.54. The summed E-state index contributed by atoms with van der Waals surface area (Å²) < 4.78 is 11.5. The minimum Gasteiger partial charge on any atom is -0.459 e. The summed E-state index contributed by atoms with van der Waals surface area (Å²) in [6.07, 6.45) is 7.11. The van der Waals surface area contributed by atoms with Crippen LogP contribution in [0.2, 0.25) is 0 Å². The fraction of sp³-hybridized carbons (Fsp3) is 0.700. The molecule has 1 aromatic rings. The van der Waals surface area contributed by atoms with Gasteiger partial charge in [0.25, 0.3) is 5.91 Å². The maximum absolute atomic E-state index is 12.6. The van der Waals surface area contributed by atoms with Crippen molar-refractivity contribution < 1.29 is 18.7 Å². The van der Waals surface area contributed by atoms with Gasteiger partial charge in [0.05, 0.1) is 11.9 Å². The molecule has 148 valence electrons. The van der Waals surface area contributed by atoms with Gasteiger partial charge in [-0.25, -0.2) is 4.79 Å². The van der Waals surface area contributed by atoms with Gasteiger partial charge in [-0.2, -0.15) is 0 Å². The summed E-state index contributed by atoms with van der Waals surface area (Å²) in [7, 11) is 0. The van der Waals surface area contributed by atoms with Gasteiger partial charge in [-0.1, -0.05) is 0 Å². The van der Waals surface area contributed by atoms with Gasteiger partial charge in [-0.05, 0) is 57.6 Å². The van der Waals surface area contributed by atoms with Crippen LogP contribution in [-0.2, 0) is 4.74 Å². The van der Waals surface area contributed by atoms with Crippen molar-refractivity contribution in [3.63, 3.8) is 0 Å². The normalized spacial score (nSPS) is 24.6. The molecule has 4 rings (SSSR count). The zero-order valence-electron chi connectivity index (χ0n) is 16.0. The number of urea groups is 1. The smallest absolute Gasteiger partial charge is 0.317 e. The first-order valence-electron chi connectivity index (χ1n) is 10.1. The first-order chi connectivity index (χ1) is 13.1. The fourth-order valence-corrected chi connectivity index (χ4v) is 4.49. The van der Waals surface area contributed by atoms with E-state index < -0.39 is 0 Å². The molecule has 1 aromatic heterocycles. The summed E-state index contributed by atoms with van der Waals surface area (Å²) in [5.41, 5.74) is -0.220. The number of amides is 3. The Kier molecular flexibility index (Phi) is 5.12. The topological polar surface area (TPSA) is 75.0 Å². The highest BCUT2D eigenvalue weighted by molar-refractivity contribution is 5.91. The van der Waals surface area contributed by atoms with E-state index in [0.29, 0.717) is 38.0 Å². The Balaban J connectivity index is 1.39. The van der Waals surface area contributed by atoms with Gasteiger partial charge in [0.15, 0.2) is 5.76 Å². The highest BCUT2D eigenvalue weighted by atomic mass is 16.5. The molecule has 1 N–H and O–H groups in total. The molecule has 1 spiro atoms. The molecular formula is C20H29N3O4. The predicted molar refractivity (Wildman–Crippen MR) is 99.5 cm³/mol. The molecule has 0 aromatic carbocycles. The van der Waals surface area contributed by atoms with Gasteiger partial charge >= 0.3 is 6.03 Å². The standard InChI is InChI=1S/C20H29N3O4/c1-2-21-19(25)23(15-5-6-15)16-7-13-27-20(14-16)8-10-22(11-9-20)18(24)17-4-3-12-26-17/h3-4,12,15-16H,2,5-11,13-14H2,1H3,(H,21,25). The van der Waals surface area contributed by atoms with Crippen LogP contribution in [0.25, 0.3) is 0 Å². The van der Waals surface area contributed by atoms with Gasteiger partial charge in [-0.3, -0.25) is 4.79 Å². The van der Waals surface area contributed by atoms with Gasteiger partial charge < -0.3 is 24.3 Å². The molecule has 1 atom stereocenters. The number of nitrogens with one attached hydrogen (secondary N) is 1. The third-order valence-corrected chi connectivity index (χ3v) is 6.06. The number of nitrogens with zero attached hydrogens (tertiary/aromatic N) is 2. The summed E-state index contributed by atoms with van der Waals surface area (Å²) >= 11 is 0. The lowest BCUT2D eigenvalue weighted by atomic mass is 9.81. The lowest BCUT2D eigenvalue weighted by molar-refractivity contribution is -0.126. The van der Waals surface area contributed by atoms with E-state index in [-0.39, 0.29) is 23.6 Å². The molecule has 7 nitrogen and oxygen atoms in total.